The van der Waals surface area contributed by atoms with Gasteiger partial charge in [0.15, 0.2) is 17.2 Å². The van der Waals surface area contributed by atoms with E-state index in [1.165, 1.54) is 18.1 Å². The number of allylic oxidation sites excluding steroid dienone is 4. The Bertz CT molecular complexity index is 851. The van der Waals surface area contributed by atoms with E-state index in [4.69, 9.17) is 4.74 Å². The molecule has 0 amide bonds. The maximum absolute atomic E-state index is 13.0. The Kier molecular flexibility index (Phi) is 4.53. The quantitative estimate of drug-likeness (QED) is 0.626. The summed E-state index contributed by atoms with van der Waals surface area (Å²) in [5.41, 5.74) is 1.07. The van der Waals surface area contributed by atoms with Crippen LogP contribution in [0.2, 0.25) is 0 Å². The van der Waals surface area contributed by atoms with Crippen molar-refractivity contribution in [2.24, 2.45) is 34.5 Å². The number of ether oxygens (including phenoxy) is 1. The summed E-state index contributed by atoms with van der Waals surface area (Å²) in [5, 5.41) is 0. The van der Waals surface area contributed by atoms with E-state index in [1.807, 2.05) is 6.08 Å². The van der Waals surface area contributed by atoms with Crippen LogP contribution in [0, 0.1) is 34.5 Å². The number of hydrogen-bond donors (Lipinski definition) is 0. The minimum atomic E-state index is -1.03. The fraction of sp³-hybridized carbons (Fsp3) is 0.720. The standard InChI is InChI=1S/C25H34O4/c1-14-11-19-20(23(5)9-7-18(28)13-21(14)23)8-10-24(6)22(19)12-15(2)25(24,16(3)26)29-17(4)27/h11,13,15,19-20,22H,7-10,12H2,1-6H3/t15-,19-,20+,22+,23-,24+,25+/m1/s1. The van der Waals surface area contributed by atoms with E-state index in [0.29, 0.717) is 24.2 Å². The van der Waals surface area contributed by atoms with Crippen molar-refractivity contribution < 1.29 is 19.1 Å². The van der Waals surface area contributed by atoms with E-state index in [1.54, 1.807) is 6.92 Å². The molecule has 7 atom stereocenters. The number of hydrogen-bond acceptors (Lipinski definition) is 4. The number of carbonyl (C=O) groups excluding carboxylic acids is 3. The lowest BCUT2D eigenvalue weighted by Gasteiger charge is -2.58. The number of fused-ring (bicyclic) bond motifs is 5. The number of ketones is 2. The van der Waals surface area contributed by atoms with Crippen molar-refractivity contribution in [1.29, 1.82) is 0 Å². The highest BCUT2D eigenvalue weighted by Crippen LogP contribution is 2.69. The van der Waals surface area contributed by atoms with Crippen LogP contribution >= 0.6 is 0 Å². The fourth-order valence-electron chi connectivity index (χ4n) is 8.01. The predicted octanol–water partition coefficient (Wildman–Crippen LogP) is 4.82. The zero-order valence-electron chi connectivity index (χ0n) is 18.6. The fourth-order valence-corrected chi connectivity index (χ4v) is 8.01. The number of carbonyl (C=O) groups is 3. The molecule has 2 saturated carbocycles. The summed E-state index contributed by atoms with van der Waals surface area (Å²) >= 11 is 0. The van der Waals surface area contributed by atoms with Gasteiger partial charge in [0.05, 0.1) is 0 Å². The van der Waals surface area contributed by atoms with Gasteiger partial charge in [-0.15, -0.1) is 0 Å². The Morgan fingerprint density at radius 3 is 2.45 bits per heavy atom. The van der Waals surface area contributed by atoms with E-state index in [-0.39, 0.29) is 34.3 Å². The van der Waals surface area contributed by atoms with Gasteiger partial charge in [-0.1, -0.05) is 32.4 Å². The van der Waals surface area contributed by atoms with Crippen molar-refractivity contribution >= 4 is 17.5 Å². The Morgan fingerprint density at radius 1 is 1.14 bits per heavy atom. The highest BCUT2D eigenvalue weighted by molar-refractivity contribution is 5.92. The Hall–Kier alpha value is -1.71. The number of esters is 1. The summed E-state index contributed by atoms with van der Waals surface area (Å²) in [6.07, 6.45) is 8.55. The third kappa shape index (κ3) is 2.53. The lowest BCUT2D eigenvalue weighted by Crippen LogP contribution is -2.59. The summed E-state index contributed by atoms with van der Waals surface area (Å²) in [6, 6.07) is 0. The topological polar surface area (TPSA) is 60.4 Å². The van der Waals surface area contributed by atoms with Crippen LogP contribution in [0.3, 0.4) is 0 Å². The summed E-state index contributed by atoms with van der Waals surface area (Å²) in [7, 11) is 0. The molecule has 4 rings (SSSR count). The van der Waals surface area contributed by atoms with Crippen molar-refractivity contribution in [2.75, 3.05) is 0 Å². The van der Waals surface area contributed by atoms with Crippen LogP contribution in [0.4, 0.5) is 0 Å². The monoisotopic (exact) mass is 398 g/mol. The highest BCUT2D eigenvalue weighted by atomic mass is 16.6. The second-order valence-electron chi connectivity index (χ2n) is 10.6. The molecule has 0 N–H and O–H groups in total. The molecule has 2 fully saturated rings. The zero-order chi connectivity index (χ0) is 21.4. The molecule has 4 aliphatic carbocycles. The first-order chi connectivity index (χ1) is 13.5. The molecule has 0 unspecified atom stereocenters. The van der Waals surface area contributed by atoms with E-state index in [9.17, 15) is 14.4 Å². The van der Waals surface area contributed by atoms with Crippen molar-refractivity contribution in [3.8, 4) is 0 Å². The Labute approximate surface area is 174 Å². The highest BCUT2D eigenvalue weighted by Gasteiger charge is 2.70. The smallest absolute Gasteiger partial charge is 0.303 e. The Balaban J connectivity index is 1.83. The molecule has 0 radical (unpaired) electrons. The Morgan fingerprint density at radius 2 is 1.83 bits per heavy atom. The predicted molar refractivity (Wildman–Crippen MR) is 111 cm³/mol. The normalized spacial score (nSPS) is 46.1. The molecule has 0 aromatic rings. The molecule has 4 heteroatoms. The first-order valence-corrected chi connectivity index (χ1v) is 11.1. The summed E-state index contributed by atoms with van der Waals surface area (Å²) in [5.74, 6) is 0.975. The first kappa shape index (κ1) is 20.6. The molecule has 0 aliphatic heterocycles. The molecule has 0 heterocycles. The van der Waals surface area contributed by atoms with Crippen LogP contribution in [-0.2, 0) is 19.1 Å². The molecule has 0 bridgehead atoms. The minimum Gasteiger partial charge on any atom is -0.450 e. The molecule has 0 aromatic carbocycles. The van der Waals surface area contributed by atoms with Crippen LogP contribution in [-0.4, -0.2) is 23.1 Å². The summed E-state index contributed by atoms with van der Waals surface area (Å²) < 4.78 is 5.93. The van der Waals surface area contributed by atoms with Gasteiger partial charge < -0.3 is 4.74 Å². The second-order valence-corrected chi connectivity index (χ2v) is 10.6. The minimum absolute atomic E-state index is 0.00374. The van der Waals surface area contributed by atoms with Crippen LogP contribution < -0.4 is 0 Å². The maximum atomic E-state index is 13.0. The van der Waals surface area contributed by atoms with E-state index >= 15 is 0 Å². The molecule has 0 aromatic heterocycles. The molecule has 0 spiro atoms. The van der Waals surface area contributed by atoms with Crippen LogP contribution in [0.15, 0.2) is 23.3 Å². The van der Waals surface area contributed by atoms with Gasteiger partial charge in [0.1, 0.15) is 0 Å². The maximum Gasteiger partial charge on any atom is 0.303 e. The third-order valence-corrected chi connectivity index (χ3v) is 9.20. The van der Waals surface area contributed by atoms with Gasteiger partial charge >= 0.3 is 5.97 Å². The van der Waals surface area contributed by atoms with Gasteiger partial charge in [0.2, 0.25) is 0 Å². The molecule has 0 saturated heterocycles. The summed E-state index contributed by atoms with van der Waals surface area (Å²) in [4.78, 5) is 37.2. The van der Waals surface area contributed by atoms with Crippen molar-refractivity contribution in [3.63, 3.8) is 0 Å². The number of Topliss-reactive ketones (excluding diaryl/α,β-unsaturated/α-hetero) is 1. The lowest BCUT2D eigenvalue weighted by atomic mass is 9.47. The lowest BCUT2D eigenvalue weighted by molar-refractivity contribution is -0.190. The summed E-state index contributed by atoms with van der Waals surface area (Å²) in [6.45, 7) is 11.7. The van der Waals surface area contributed by atoms with Gasteiger partial charge in [0.25, 0.3) is 0 Å². The number of rotatable bonds is 2. The van der Waals surface area contributed by atoms with Crippen LogP contribution in [0.1, 0.15) is 73.6 Å². The van der Waals surface area contributed by atoms with Gasteiger partial charge in [-0.2, -0.15) is 0 Å². The van der Waals surface area contributed by atoms with Gasteiger partial charge in [-0.05, 0) is 74.3 Å². The zero-order valence-corrected chi connectivity index (χ0v) is 18.6. The first-order valence-electron chi connectivity index (χ1n) is 11.1. The molecular formula is C25H34O4. The van der Waals surface area contributed by atoms with E-state index in [2.05, 4.69) is 33.8 Å². The molecule has 4 nitrogen and oxygen atoms in total. The molecule has 158 valence electrons. The van der Waals surface area contributed by atoms with Gasteiger partial charge in [0, 0.05) is 24.7 Å². The average Bonchev–Trinajstić information content (AvgIpc) is 2.85. The molecule has 4 aliphatic rings. The van der Waals surface area contributed by atoms with Gasteiger partial charge in [-0.3, -0.25) is 14.4 Å². The second kappa shape index (κ2) is 6.39. The van der Waals surface area contributed by atoms with Crippen molar-refractivity contribution in [2.45, 2.75) is 79.2 Å². The average molecular weight is 399 g/mol. The van der Waals surface area contributed by atoms with Crippen LogP contribution in [0.25, 0.3) is 0 Å². The molecule has 29 heavy (non-hydrogen) atoms. The van der Waals surface area contributed by atoms with Gasteiger partial charge in [-0.25, -0.2) is 0 Å². The third-order valence-electron chi connectivity index (χ3n) is 9.20. The SMILES string of the molecule is CC(=O)O[C@]1(C(C)=O)[C@H](C)C[C@H]2[C@@H]3C=C(C)C4=CC(=O)CC[C@]4(C)[C@H]3CC[C@@]21C. The van der Waals surface area contributed by atoms with Crippen molar-refractivity contribution in [1.82, 2.24) is 0 Å². The largest absolute Gasteiger partial charge is 0.450 e. The van der Waals surface area contributed by atoms with Crippen LogP contribution in [0.5, 0.6) is 0 Å². The molecular weight excluding hydrogens is 364 g/mol. The van der Waals surface area contributed by atoms with Crippen molar-refractivity contribution in [3.05, 3.63) is 23.3 Å². The van der Waals surface area contributed by atoms with E-state index < -0.39 is 5.60 Å². The van der Waals surface area contributed by atoms with E-state index in [0.717, 1.165) is 25.7 Å².